The fourth-order valence-electron chi connectivity index (χ4n) is 2.12. The van der Waals surface area contributed by atoms with Crippen molar-refractivity contribution in [3.05, 3.63) is 30.1 Å². The molecule has 1 fully saturated rings. The summed E-state index contributed by atoms with van der Waals surface area (Å²) >= 11 is 0. The van der Waals surface area contributed by atoms with E-state index in [-0.39, 0.29) is 6.10 Å². The zero-order chi connectivity index (χ0) is 10.7. The third-order valence-corrected chi connectivity index (χ3v) is 3.10. The van der Waals surface area contributed by atoms with Crippen LogP contribution in [0.15, 0.2) is 24.4 Å². The van der Waals surface area contributed by atoms with Crippen molar-refractivity contribution in [2.75, 3.05) is 13.1 Å². The lowest BCUT2D eigenvalue weighted by atomic mass is 10.0. The SMILES string of the molecule is CC(O)C1CCN(Cc2ccccn2)C1. The second-order valence-electron chi connectivity index (χ2n) is 4.35. The van der Waals surface area contributed by atoms with E-state index in [1.165, 1.54) is 0 Å². The van der Waals surface area contributed by atoms with Crippen LogP contribution in [0.3, 0.4) is 0 Å². The number of hydrogen-bond donors (Lipinski definition) is 1. The standard InChI is InChI=1S/C12H18N2O/c1-10(15)11-5-7-14(8-11)9-12-4-2-3-6-13-12/h2-4,6,10-11,15H,5,7-9H2,1H3. The number of rotatable bonds is 3. The molecule has 0 aliphatic carbocycles. The molecule has 1 saturated heterocycles. The third-order valence-electron chi connectivity index (χ3n) is 3.10. The predicted molar refractivity (Wildman–Crippen MR) is 59.3 cm³/mol. The molecule has 0 radical (unpaired) electrons. The Hall–Kier alpha value is -0.930. The molecule has 0 amide bonds. The van der Waals surface area contributed by atoms with Crippen LogP contribution in [0.25, 0.3) is 0 Å². The summed E-state index contributed by atoms with van der Waals surface area (Å²) in [6, 6.07) is 6.01. The van der Waals surface area contributed by atoms with Crippen molar-refractivity contribution >= 4 is 0 Å². The Morgan fingerprint density at radius 1 is 1.60 bits per heavy atom. The molecule has 82 valence electrons. The van der Waals surface area contributed by atoms with Gasteiger partial charge >= 0.3 is 0 Å². The molecule has 2 atom stereocenters. The van der Waals surface area contributed by atoms with Crippen LogP contribution in [0.2, 0.25) is 0 Å². The molecule has 1 aromatic heterocycles. The molecule has 0 saturated carbocycles. The number of pyridine rings is 1. The molecule has 0 spiro atoms. The summed E-state index contributed by atoms with van der Waals surface area (Å²) in [6.07, 6.45) is 2.75. The van der Waals surface area contributed by atoms with E-state index in [0.29, 0.717) is 5.92 Å². The minimum Gasteiger partial charge on any atom is -0.393 e. The maximum atomic E-state index is 9.49. The molecule has 0 bridgehead atoms. The third kappa shape index (κ3) is 2.76. The summed E-state index contributed by atoms with van der Waals surface area (Å²) in [5.74, 6) is 0.439. The highest BCUT2D eigenvalue weighted by Gasteiger charge is 2.25. The molecule has 0 aromatic carbocycles. The normalized spacial score (nSPS) is 24.3. The number of aromatic nitrogens is 1. The molecular weight excluding hydrogens is 188 g/mol. The van der Waals surface area contributed by atoms with Crippen molar-refractivity contribution in [3.63, 3.8) is 0 Å². The van der Waals surface area contributed by atoms with E-state index in [4.69, 9.17) is 0 Å². The first-order valence-corrected chi connectivity index (χ1v) is 5.56. The Labute approximate surface area is 90.8 Å². The van der Waals surface area contributed by atoms with E-state index in [9.17, 15) is 5.11 Å². The molecule has 15 heavy (non-hydrogen) atoms. The number of aliphatic hydroxyl groups excluding tert-OH is 1. The number of hydrogen-bond acceptors (Lipinski definition) is 3. The molecule has 2 unspecified atom stereocenters. The van der Waals surface area contributed by atoms with Gasteiger partial charge in [-0.3, -0.25) is 9.88 Å². The quantitative estimate of drug-likeness (QED) is 0.809. The lowest BCUT2D eigenvalue weighted by Gasteiger charge is -2.16. The van der Waals surface area contributed by atoms with E-state index < -0.39 is 0 Å². The van der Waals surface area contributed by atoms with Crippen LogP contribution in [0.1, 0.15) is 19.0 Å². The van der Waals surface area contributed by atoms with Crippen LogP contribution in [0.5, 0.6) is 0 Å². The van der Waals surface area contributed by atoms with Gasteiger partial charge in [-0.25, -0.2) is 0 Å². The van der Waals surface area contributed by atoms with Crippen LogP contribution in [0, 0.1) is 5.92 Å². The minimum absolute atomic E-state index is 0.182. The molecule has 3 nitrogen and oxygen atoms in total. The topological polar surface area (TPSA) is 36.4 Å². The van der Waals surface area contributed by atoms with Gasteiger partial charge in [-0.05, 0) is 37.9 Å². The van der Waals surface area contributed by atoms with Crippen molar-refractivity contribution in [2.45, 2.75) is 26.0 Å². The second kappa shape index (κ2) is 4.73. The minimum atomic E-state index is -0.182. The summed E-state index contributed by atoms with van der Waals surface area (Å²) in [6.45, 7) is 4.86. The van der Waals surface area contributed by atoms with Crippen LogP contribution < -0.4 is 0 Å². The van der Waals surface area contributed by atoms with Crippen LogP contribution in [0.4, 0.5) is 0 Å². The first-order chi connectivity index (χ1) is 7.25. The van der Waals surface area contributed by atoms with Crippen LogP contribution >= 0.6 is 0 Å². The summed E-state index contributed by atoms with van der Waals surface area (Å²) in [5.41, 5.74) is 1.11. The van der Waals surface area contributed by atoms with Crippen molar-refractivity contribution < 1.29 is 5.11 Å². The van der Waals surface area contributed by atoms with Crippen molar-refractivity contribution in [2.24, 2.45) is 5.92 Å². The maximum absolute atomic E-state index is 9.49. The van der Waals surface area contributed by atoms with Crippen molar-refractivity contribution in [1.82, 2.24) is 9.88 Å². The number of nitrogens with zero attached hydrogens (tertiary/aromatic N) is 2. The van der Waals surface area contributed by atoms with Crippen LogP contribution in [-0.2, 0) is 6.54 Å². The molecule has 1 N–H and O–H groups in total. The van der Waals surface area contributed by atoms with Gasteiger partial charge in [-0.15, -0.1) is 0 Å². The summed E-state index contributed by atoms with van der Waals surface area (Å²) in [7, 11) is 0. The van der Waals surface area contributed by atoms with Crippen molar-refractivity contribution in [1.29, 1.82) is 0 Å². The van der Waals surface area contributed by atoms with Crippen molar-refractivity contribution in [3.8, 4) is 0 Å². The molecular formula is C12H18N2O. The summed E-state index contributed by atoms with van der Waals surface area (Å²) in [4.78, 5) is 6.67. The lowest BCUT2D eigenvalue weighted by molar-refractivity contribution is 0.127. The largest absolute Gasteiger partial charge is 0.393 e. The van der Waals surface area contributed by atoms with Gasteiger partial charge < -0.3 is 5.11 Å². The van der Waals surface area contributed by atoms with E-state index in [2.05, 4.69) is 16.0 Å². The number of likely N-dealkylation sites (tertiary alicyclic amines) is 1. The first kappa shape index (κ1) is 10.6. The van der Waals surface area contributed by atoms with Gasteiger partial charge in [-0.2, -0.15) is 0 Å². The fourth-order valence-corrected chi connectivity index (χ4v) is 2.12. The Morgan fingerprint density at radius 2 is 2.47 bits per heavy atom. The average Bonchev–Trinajstić information content (AvgIpc) is 2.68. The van der Waals surface area contributed by atoms with E-state index >= 15 is 0 Å². The summed E-state index contributed by atoms with van der Waals surface area (Å²) in [5, 5.41) is 9.49. The Bertz CT molecular complexity index is 300. The molecule has 1 aromatic rings. The van der Waals surface area contributed by atoms with E-state index in [0.717, 1.165) is 31.7 Å². The average molecular weight is 206 g/mol. The molecule has 2 heterocycles. The highest BCUT2D eigenvalue weighted by Crippen LogP contribution is 2.20. The Morgan fingerprint density at radius 3 is 3.07 bits per heavy atom. The van der Waals surface area contributed by atoms with E-state index in [1.807, 2.05) is 25.3 Å². The Balaban J connectivity index is 1.88. The van der Waals surface area contributed by atoms with Gasteiger partial charge in [0.25, 0.3) is 0 Å². The molecule has 1 aliphatic rings. The smallest absolute Gasteiger partial charge is 0.0552 e. The van der Waals surface area contributed by atoms with Gasteiger partial charge in [0.1, 0.15) is 0 Å². The predicted octanol–water partition coefficient (Wildman–Crippen LogP) is 1.28. The Kier molecular flexibility index (Phi) is 3.34. The maximum Gasteiger partial charge on any atom is 0.0552 e. The monoisotopic (exact) mass is 206 g/mol. The van der Waals surface area contributed by atoms with E-state index in [1.54, 1.807) is 0 Å². The highest BCUT2D eigenvalue weighted by molar-refractivity contribution is 5.03. The van der Waals surface area contributed by atoms with Gasteiger partial charge in [0.05, 0.1) is 11.8 Å². The van der Waals surface area contributed by atoms with Gasteiger partial charge in [0.15, 0.2) is 0 Å². The fraction of sp³-hybridized carbons (Fsp3) is 0.583. The van der Waals surface area contributed by atoms with Gasteiger partial charge in [0.2, 0.25) is 0 Å². The lowest BCUT2D eigenvalue weighted by Crippen LogP contribution is -2.24. The number of aliphatic hydroxyl groups is 1. The molecule has 2 rings (SSSR count). The highest BCUT2D eigenvalue weighted by atomic mass is 16.3. The zero-order valence-electron chi connectivity index (χ0n) is 9.13. The molecule has 1 aliphatic heterocycles. The van der Waals surface area contributed by atoms with Gasteiger partial charge in [-0.1, -0.05) is 6.07 Å². The zero-order valence-corrected chi connectivity index (χ0v) is 9.13. The van der Waals surface area contributed by atoms with Gasteiger partial charge in [0, 0.05) is 19.3 Å². The first-order valence-electron chi connectivity index (χ1n) is 5.56. The second-order valence-corrected chi connectivity index (χ2v) is 4.35. The molecule has 3 heteroatoms. The summed E-state index contributed by atoms with van der Waals surface area (Å²) < 4.78 is 0. The van der Waals surface area contributed by atoms with Crippen LogP contribution in [-0.4, -0.2) is 34.2 Å².